The van der Waals surface area contributed by atoms with Gasteiger partial charge in [-0.1, -0.05) is 12.5 Å². The average molecular weight is 304 g/mol. The molecule has 1 amide bonds. The molecule has 1 aromatic heterocycles. The molecule has 106 valence electrons. The Kier molecular flexibility index (Phi) is 4.76. The van der Waals surface area contributed by atoms with Gasteiger partial charge in [-0.25, -0.2) is 0 Å². The second-order valence-corrected chi connectivity index (χ2v) is 7.22. The summed E-state index contributed by atoms with van der Waals surface area (Å²) in [7, 11) is -4.39. The fraction of sp³-hybridized carbons (Fsp3) is 0.545. The molecule has 0 aliphatic carbocycles. The fourth-order valence-electron chi connectivity index (χ4n) is 2.18. The van der Waals surface area contributed by atoms with E-state index in [1.807, 2.05) is 0 Å². The lowest BCUT2D eigenvalue weighted by Gasteiger charge is -2.32. The lowest BCUT2D eigenvalue weighted by molar-refractivity contribution is 0.0937. The van der Waals surface area contributed by atoms with Gasteiger partial charge in [0.1, 0.15) is 5.78 Å². The van der Waals surface area contributed by atoms with E-state index in [4.69, 9.17) is 0 Å². The summed E-state index contributed by atoms with van der Waals surface area (Å²) in [6, 6.07) is 2.98. The van der Waals surface area contributed by atoms with Crippen LogP contribution >= 0.6 is 18.9 Å². The topological polar surface area (TPSA) is 98.7 Å². The van der Waals surface area contributed by atoms with Gasteiger partial charge in [0.25, 0.3) is 5.91 Å². The molecule has 0 radical (unpaired) electrons. The summed E-state index contributed by atoms with van der Waals surface area (Å²) in [4.78, 5) is 31.3. The third kappa shape index (κ3) is 3.87. The third-order valence-electron chi connectivity index (χ3n) is 3.12. The molecule has 0 bridgehead atoms. The molecule has 0 saturated carbocycles. The summed E-state index contributed by atoms with van der Waals surface area (Å²) < 4.78 is 11.6. The van der Waals surface area contributed by atoms with Crippen molar-refractivity contribution in [2.45, 2.75) is 31.1 Å². The maximum absolute atomic E-state index is 11.9. The number of hydrogen-bond donors (Lipinski definition) is 4. The van der Waals surface area contributed by atoms with Crippen LogP contribution in [0.5, 0.6) is 0 Å². The number of carbonyl (C=O) groups excluding carboxylic acids is 1. The maximum atomic E-state index is 11.9. The summed E-state index contributed by atoms with van der Waals surface area (Å²) in [5, 5.41) is 7.30. The monoisotopic (exact) mass is 304 g/mol. The minimum absolute atomic E-state index is 0.376. The minimum Gasteiger partial charge on any atom is -0.336 e. The van der Waals surface area contributed by atoms with Crippen LogP contribution in [0.3, 0.4) is 0 Å². The van der Waals surface area contributed by atoms with E-state index in [1.54, 1.807) is 17.5 Å². The number of amides is 1. The van der Waals surface area contributed by atoms with E-state index in [1.165, 1.54) is 11.3 Å². The predicted molar refractivity (Wildman–Crippen MR) is 73.3 cm³/mol. The zero-order chi connectivity index (χ0) is 13.9. The number of thiophene rings is 1. The van der Waals surface area contributed by atoms with Crippen molar-refractivity contribution in [3.05, 3.63) is 22.4 Å². The van der Waals surface area contributed by atoms with Crippen molar-refractivity contribution in [2.24, 2.45) is 0 Å². The Bertz CT molecular complexity index is 467. The van der Waals surface area contributed by atoms with E-state index in [2.05, 4.69) is 10.6 Å². The van der Waals surface area contributed by atoms with Crippen molar-refractivity contribution in [3.8, 4) is 0 Å². The van der Waals surface area contributed by atoms with Crippen molar-refractivity contribution < 1.29 is 19.1 Å². The summed E-state index contributed by atoms with van der Waals surface area (Å²) >= 11 is 1.24. The van der Waals surface area contributed by atoms with Crippen molar-refractivity contribution >= 4 is 24.8 Å². The van der Waals surface area contributed by atoms with Gasteiger partial charge < -0.3 is 20.4 Å². The van der Waals surface area contributed by atoms with Gasteiger partial charge in [-0.2, -0.15) is 0 Å². The Hall–Kier alpha value is -0.720. The second kappa shape index (κ2) is 6.15. The van der Waals surface area contributed by atoms with Crippen molar-refractivity contribution in [2.75, 3.05) is 6.54 Å². The van der Waals surface area contributed by atoms with Crippen LogP contribution in [0, 0.1) is 0 Å². The lowest BCUT2D eigenvalue weighted by Crippen LogP contribution is -2.51. The average Bonchev–Trinajstić information content (AvgIpc) is 2.89. The van der Waals surface area contributed by atoms with Crippen LogP contribution in [0.25, 0.3) is 0 Å². The highest BCUT2D eigenvalue weighted by atomic mass is 32.1. The first-order valence-electron chi connectivity index (χ1n) is 6.11. The van der Waals surface area contributed by atoms with Gasteiger partial charge in [-0.05, 0) is 30.8 Å². The summed E-state index contributed by atoms with van der Waals surface area (Å²) in [6.45, 7) is 0.718. The number of carbonyl (C=O) groups is 1. The van der Waals surface area contributed by atoms with Gasteiger partial charge >= 0.3 is 7.60 Å². The SMILES string of the molecule is O=C(NC(C1CCCCN1)P(=O)(O)O)c1cccs1. The first kappa shape index (κ1) is 14.7. The standard InChI is InChI=1S/C11H17N2O4PS/c14-10(9-5-3-7-19-9)13-11(18(15,16)17)8-4-1-2-6-12-8/h3,5,7-8,11-12H,1-2,4,6H2,(H,13,14)(H2,15,16,17). The number of piperidine rings is 1. The number of nitrogens with one attached hydrogen (secondary N) is 2. The maximum Gasteiger partial charge on any atom is 0.349 e. The molecule has 1 aliphatic heterocycles. The van der Waals surface area contributed by atoms with Crippen LogP contribution in [0.15, 0.2) is 17.5 Å². The van der Waals surface area contributed by atoms with Gasteiger partial charge in [-0.3, -0.25) is 9.36 Å². The molecule has 1 fully saturated rings. The highest BCUT2D eigenvalue weighted by Crippen LogP contribution is 2.42. The molecule has 1 aliphatic rings. The van der Waals surface area contributed by atoms with Gasteiger partial charge in [0.05, 0.1) is 4.88 Å². The molecule has 1 saturated heterocycles. The molecule has 2 heterocycles. The Morgan fingerprint density at radius 2 is 2.32 bits per heavy atom. The van der Waals surface area contributed by atoms with Crippen LogP contribution in [-0.4, -0.2) is 34.1 Å². The molecule has 8 heteroatoms. The minimum atomic E-state index is -4.39. The van der Waals surface area contributed by atoms with E-state index in [0.29, 0.717) is 11.3 Å². The van der Waals surface area contributed by atoms with E-state index >= 15 is 0 Å². The van der Waals surface area contributed by atoms with Crippen LogP contribution < -0.4 is 10.6 Å². The predicted octanol–water partition coefficient (Wildman–Crippen LogP) is 1.12. The summed E-state index contributed by atoms with van der Waals surface area (Å²) in [5.74, 6) is -1.60. The van der Waals surface area contributed by atoms with Crippen LogP contribution in [0.1, 0.15) is 28.9 Å². The fourth-order valence-corrected chi connectivity index (χ4v) is 3.82. The smallest absolute Gasteiger partial charge is 0.336 e. The molecule has 2 unspecified atom stereocenters. The lowest BCUT2D eigenvalue weighted by atomic mass is 10.0. The van der Waals surface area contributed by atoms with Crippen molar-refractivity contribution in [1.82, 2.24) is 10.6 Å². The first-order chi connectivity index (χ1) is 8.98. The molecular formula is C11H17N2O4PS. The molecule has 0 aromatic carbocycles. The second-order valence-electron chi connectivity index (χ2n) is 4.54. The first-order valence-corrected chi connectivity index (χ1v) is 8.67. The zero-order valence-corrected chi connectivity index (χ0v) is 12.0. The van der Waals surface area contributed by atoms with Crippen LogP contribution in [0.2, 0.25) is 0 Å². The largest absolute Gasteiger partial charge is 0.349 e. The quantitative estimate of drug-likeness (QED) is 0.625. The van der Waals surface area contributed by atoms with Gasteiger partial charge in [0, 0.05) is 6.04 Å². The van der Waals surface area contributed by atoms with Crippen molar-refractivity contribution in [1.29, 1.82) is 0 Å². The van der Waals surface area contributed by atoms with E-state index in [-0.39, 0.29) is 6.04 Å². The molecule has 4 N–H and O–H groups in total. The number of rotatable bonds is 4. The van der Waals surface area contributed by atoms with Gasteiger partial charge in [-0.15, -0.1) is 11.3 Å². The third-order valence-corrected chi connectivity index (χ3v) is 5.20. The van der Waals surface area contributed by atoms with E-state index < -0.39 is 19.3 Å². The van der Waals surface area contributed by atoms with Crippen LogP contribution in [-0.2, 0) is 4.57 Å². The van der Waals surface area contributed by atoms with Crippen LogP contribution in [0.4, 0.5) is 0 Å². The normalized spacial score (nSPS) is 21.9. The molecule has 1 aromatic rings. The Morgan fingerprint density at radius 1 is 1.53 bits per heavy atom. The zero-order valence-electron chi connectivity index (χ0n) is 10.3. The Balaban J connectivity index is 2.10. The Labute approximate surface area is 115 Å². The molecule has 6 nitrogen and oxygen atoms in total. The molecular weight excluding hydrogens is 287 g/mol. The summed E-state index contributed by atoms with van der Waals surface area (Å²) in [6.07, 6.45) is 2.55. The molecule has 19 heavy (non-hydrogen) atoms. The van der Waals surface area contributed by atoms with Gasteiger partial charge in [0.15, 0.2) is 0 Å². The highest BCUT2D eigenvalue weighted by Gasteiger charge is 2.38. The van der Waals surface area contributed by atoms with E-state index in [9.17, 15) is 19.1 Å². The van der Waals surface area contributed by atoms with Gasteiger partial charge in [0.2, 0.25) is 0 Å². The molecule has 2 atom stereocenters. The molecule has 2 rings (SSSR count). The van der Waals surface area contributed by atoms with E-state index in [0.717, 1.165) is 19.4 Å². The van der Waals surface area contributed by atoms with Crippen molar-refractivity contribution in [3.63, 3.8) is 0 Å². The highest BCUT2D eigenvalue weighted by molar-refractivity contribution is 7.52. The Morgan fingerprint density at radius 3 is 2.84 bits per heavy atom. The summed E-state index contributed by atoms with van der Waals surface area (Å²) in [5.41, 5.74) is 0. The number of hydrogen-bond acceptors (Lipinski definition) is 4. The molecule has 0 spiro atoms.